The van der Waals surface area contributed by atoms with Crippen molar-refractivity contribution in [1.29, 1.82) is 0 Å². The van der Waals surface area contributed by atoms with Gasteiger partial charge in [-0.1, -0.05) is 0 Å². The van der Waals surface area contributed by atoms with E-state index in [0.717, 1.165) is 4.47 Å². The summed E-state index contributed by atoms with van der Waals surface area (Å²) in [4.78, 5) is 15.5. The first-order valence-corrected chi connectivity index (χ1v) is 6.27. The molecule has 0 fully saturated rings. The van der Waals surface area contributed by atoms with E-state index in [0.29, 0.717) is 11.3 Å². The predicted octanol–water partition coefficient (Wildman–Crippen LogP) is 2.62. The van der Waals surface area contributed by atoms with Crippen LogP contribution in [-0.4, -0.2) is 10.9 Å². The maximum Gasteiger partial charge on any atom is 0.244 e. The molecule has 0 aliphatic carbocycles. The lowest BCUT2D eigenvalue weighted by Crippen LogP contribution is -2.27. The highest BCUT2D eigenvalue weighted by molar-refractivity contribution is 9.10. The summed E-state index contributed by atoms with van der Waals surface area (Å²) in [5.41, 5.74) is 6.61. The van der Waals surface area contributed by atoms with Gasteiger partial charge in [0.05, 0.1) is 0 Å². The molecule has 19 heavy (non-hydrogen) atoms. The van der Waals surface area contributed by atoms with E-state index in [4.69, 9.17) is 5.73 Å². The van der Waals surface area contributed by atoms with Crippen LogP contribution in [0.1, 0.15) is 11.6 Å². The maximum absolute atomic E-state index is 12.8. The Kier molecular flexibility index (Phi) is 4.11. The van der Waals surface area contributed by atoms with Crippen molar-refractivity contribution in [3.63, 3.8) is 0 Å². The quantitative estimate of drug-likeness (QED) is 0.908. The number of nitrogens with zero attached hydrogens (tertiary/aromatic N) is 1. The van der Waals surface area contributed by atoms with Crippen molar-refractivity contribution in [2.75, 3.05) is 5.32 Å². The molecule has 2 aromatic rings. The Labute approximate surface area is 118 Å². The third-order valence-corrected chi connectivity index (χ3v) is 2.93. The number of benzene rings is 1. The molecule has 1 heterocycles. The second-order valence-corrected chi connectivity index (χ2v) is 4.84. The number of nitrogens with two attached hydrogens (primary N) is 1. The first-order valence-electron chi connectivity index (χ1n) is 5.48. The molecule has 1 atom stereocenters. The van der Waals surface area contributed by atoms with Gasteiger partial charge in [-0.15, -0.1) is 0 Å². The van der Waals surface area contributed by atoms with Crippen LogP contribution in [0.2, 0.25) is 0 Å². The highest BCUT2D eigenvalue weighted by atomic mass is 79.9. The number of halogens is 2. The second-order valence-electron chi connectivity index (χ2n) is 3.92. The number of rotatable bonds is 4. The largest absolute Gasteiger partial charge is 0.370 e. The van der Waals surface area contributed by atoms with Crippen molar-refractivity contribution in [3.8, 4) is 0 Å². The van der Waals surface area contributed by atoms with Crippen LogP contribution in [-0.2, 0) is 4.79 Å². The number of carbonyl (C=O) groups is 1. The second kappa shape index (κ2) is 5.79. The number of aromatic nitrogens is 1. The Hall–Kier alpha value is -1.95. The molecule has 4 nitrogen and oxygen atoms in total. The molecule has 0 saturated carbocycles. The molecular formula is C13H11BrFN3O. The van der Waals surface area contributed by atoms with Gasteiger partial charge in [-0.25, -0.2) is 4.39 Å². The molecule has 0 saturated heterocycles. The number of anilines is 1. The van der Waals surface area contributed by atoms with Gasteiger partial charge in [-0.2, -0.15) is 0 Å². The minimum absolute atomic E-state index is 0.342. The van der Waals surface area contributed by atoms with Gasteiger partial charge in [-0.05, 0) is 46.3 Å². The fourth-order valence-electron chi connectivity index (χ4n) is 1.62. The Morgan fingerprint density at radius 3 is 2.58 bits per heavy atom. The highest BCUT2D eigenvalue weighted by Gasteiger charge is 2.18. The summed E-state index contributed by atoms with van der Waals surface area (Å²) < 4.78 is 13.6. The van der Waals surface area contributed by atoms with E-state index in [1.54, 1.807) is 18.5 Å². The van der Waals surface area contributed by atoms with E-state index in [1.807, 2.05) is 0 Å². The molecule has 0 bridgehead atoms. The summed E-state index contributed by atoms with van der Waals surface area (Å²) in [6.45, 7) is 0. The van der Waals surface area contributed by atoms with Crippen LogP contribution in [0.5, 0.6) is 0 Å². The normalized spacial score (nSPS) is 11.9. The minimum atomic E-state index is -0.726. The predicted molar refractivity (Wildman–Crippen MR) is 73.9 cm³/mol. The highest BCUT2D eigenvalue weighted by Crippen LogP contribution is 2.21. The van der Waals surface area contributed by atoms with Crippen LogP contribution < -0.4 is 11.1 Å². The van der Waals surface area contributed by atoms with Crippen LogP contribution in [0.25, 0.3) is 0 Å². The fraction of sp³-hybridized carbons (Fsp3) is 0.0769. The molecule has 0 aliphatic heterocycles. The van der Waals surface area contributed by atoms with Gasteiger partial charge < -0.3 is 11.1 Å². The van der Waals surface area contributed by atoms with E-state index in [-0.39, 0.29) is 5.82 Å². The van der Waals surface area contributed by atoms with Crippen LogP contribution >= 0.6 is 15.9 Å². The van der Waals surface area contributed by atoms with E-state index in [2.05, 4.69) is 26.2 Å². The molecule has 0 spiro atoms. The molecule has 1 aromatic carbocycles. The lowest BCUT2D eigenvalue weighted by molar-refractivity contribution is -0.118. The van der Waals surface area contributed by atoms with Gasteiger partial charge in [-0.3, -0.25) is 9.78 Å². The average Bonchev–Trinajstić information content (AvgIpc) is 2.37. The molecule has 6 heteroatoms. The van der Waals surface area contributed by atoms with Gasteiger partial charge in [0.2, 0.25) is 5.91 Å². The number of pyridine rings is 1. The first kappa shape index (κ1) is 13.5. The number of nitrogens with one attached hydrogen (secondary N) is 1. The zero-order valence-corrected chi connectivity index (χ0v) is 11.4. The smallest absolute Gasteiger partial charge is 0.244 e. The van der Waals surface area contributed by atoms with Crippen LogP contribution in [0.4, 0.5) is 10.1 Å². The molecule has 0 aliphatic rings. The van der Waals surface area contributed by atoms with E-state index < -0.39 is 11.9 Å². The van der Waals surface area contributed by atoms with Crippen LogP contribution in [0.3, 0.4) is 0 Å². The molecule has 2 rings (SSSR count). The first-order chi connectivity index (χ1) is 9.06. The summed E-state index contributed by atoms with van der Waals surface area (Å²) in [5, 5.41) is 2.95. The summed E-state index contributed by atoms with van der Waals surface area (Å²) in [7, 11) is 0. The SMILES string of the molecule is NC(=O)C(Nc1ccc(F)cc1)c1cncc(Br)c1. The number of amides is 1. The standard InChI is InChI=1S/C13H11BrFN3O/c14-9-5-8(6-17-7-9)12(13(16)19)18-11-3-1-10(15)2-4-11/h1-7,12,18H,(H2,16,19). The van der Waals surface area contributed by atoms with Gasteiger partial charge in [0.15, 0.2) is 0 Å². The number of primary amides is 1. The van der Waals surface area contributed by atoms with Crippen molar-refractivity contribution in [3.05, 3.63) is 58.6 Å². The zero-order valence-electron chi connectivity index (χ0n) is 9.81. The van der Waals surface area contributed by atoms with Gasteiger partial charge in [0, 0.05) is 28.1 Å². The zero-order chi connectivity index (χ0) is 13.8. The Bertz CT molecular complexity index is 589. The van der Waals surface area contributed by atoms with Crippen molar-refractivity contribution in [1.82, 2.24) is 4.98 Å². The van der Waals surface area contributed by atoms with Crippen molar-refractivity contribution in [2.24, 2.45) is 5.73 Å². The monoisotopic (exact) mass is 323 g/mol. The maximum atomic E-state index is 12.8. The molecule has 1 amide bonds. The molecule has 1 aromatic heterocycles. The minimum Gasteiger partial charge on any atom is -0.370 e. The van der Waals surface area contributed by atoms with Crippen molar-refractivity contribution in [2.45, 2.75) is 6.04 Å². The molecule has 1 unspecified atom stereocenters. The van der Waals surface area contributed by atoms with Crippen molar-refractivity contribution >= 4 is 27.5 Å². The third-order valence-electron chi connectivity index (χ3n) is 2.50. The van der Waals surface area contributed by atoms with E-state index >= 15 is 0 Å². The summed E-state index contributed by atoms with van der Waals surface area (Å²) in [6, 6.07) is 6.71. The summed E-state index contributed by atoms with van der Waals surface area (Å²) in [6.07, 6.45) is 3.16. The van der Waals surface area contributed by atoms with E-state index in [1.165, 1.54) is 24.3 Å². The number of carbonyl (C=O) groups excluding carboxylic acids is 1. The summed E-state index contributed by atoms with van der Waals surface area (Å²) >= 11 is 3.28. The third kappa shape index (κ3) is 3.51. The number of hydrogen-bond acceptors (Lipinski definition) is 3. The van der Waals surface area contributed by atoms with Gasteiger partial charge in [0.25, 0.3) is 0 Å². The van der Waals surface area contributed by atoms with Crippen molar-refractivity contribution < 1.29 is 9.18 Å². The Balaban J connectivity index is 2.26. The lowest BCUT2D eigenvalue weighted by Gasteiger charge is -2.17. The Morgan fingerprint density at radius 2 is 2.00 bits per heavy atom. The van der Waals surface area contributed by atoms with Gasteiger partial charge >= 0.3 is 0 Å². The van der Waals surface area contributed by atoms with E-state index in [9.17, 15) is 9.18 Å². The Morgan fingerprint density at radius 1 is 1.32 bits per heavy atom. The number of hydrogen-bond donors (Lipinski definition) is 2. The van der Waals surface area contributed by atoms with Crippen LogP contribution in [0, 0.1) is 5.82 Å². The van der Waals surface area contributed by atoms with Crippen LogP contribution in [0.15, 0.2) is 47.2 Å². The fourth-order valence-corrected chi connectivity index (χ4v) is 2.00. The molecule has 3 N–H and O–H groups in total. The average molecular weight is 324 g/mol. The summed E-state index contributed by atoms with van der Waals surface area (Å²) in [5.74, 6) is -0.880. The molecule has 0 radical (unpaired) electrons. The van der Waals surface area contributed by atoms with Gasteiger partial charge in [0.1, 0.15) is 11.9 Å². The topological polar surface area (TPSA) is 68.0 Å². The molecular weight excluding hydrogens is 313 g/mol. The lowest BCUT2D eigenvalue weighted by atomic mass is 10.1. The molecule has 98 valence electrons.